The van der Waals surface area contributed by atoms with E-state index >= 15 is 0 Å². The van der Waals surface area contributed by atoms with Gasteiger partial charge >= 0.3 is 5.97 Å². The molecule has 2 aromatic rings. The van der Waals surface area contributed by atoms with Crippen LogP contribution in [0.1, 0.15) is 41.5 Å². The van der Waals surface area contributed by atoms with Gasteiger partial charge in [-0.1, -0.05) is 29.8 Å². The fourth-order valence-electron chi connectivity index (χ4n) is 4.04. The van der Waals surface area contributed by atoms with E-state index < -0.39 is 5.97 Å². The molecule has 3 N–H and O–H groups in total. The van der Waals surface area contributed by atoms with Gasteiger partial charge in [0.15, 0.2) is 0 Å². The normalized spacial score (nSPS) is 15.8. The molecule has 150 valence electrons. The number of nitrogens with zero attached hydrogens (tertiary/aromatic N) is 2. The van der Waals surface area contributed by atoms with E-state index in [1.54, 1.807) is 6.07 Å². The molecule has 0 radical (unpaired) electrons. The van der Waals surface area contributed by atoms with Crippen molar-refractivity contribution in [3.63, 3.8) is 0 Å². The van der Waals surface area contributed by atoms with Crippen molar-refractivity contribution in [3.05, 3.63) is 70.3 Å². The van der Waals surface area contributed by atoms with E-state index in [0.717, 1.165) is 42.8 Å². The Morgan fingerprint density at radius 2 is 1.90 bits per heavy atom. The summed E-state index contributed by atoms with van der Waals surface area (Å²) in [6, 6.07) is 16.1. The van der Waals surface area contributed by atoms with Gasteiger partial charge in [0.1, 0.15) is 12.4 Å². The molecule has 0 aliphatic carbocycles. The minimum Gasteiger partial charge on any atom is -0.488 e. The van der Waals surface area contributed by atoms with Crippen molar-refractivity contribution in [2.45, 2.75) is 25.9 Å². The third kappa shape index (κ3) is 4.32. The monoisotopic (exact) mass is 392 g/mol. The SMILES string of the molecule is N#Cc1ccc2c(c1)C(=C1CCN(CCC(=O)O)CC1)c1ccccc1CO2.O. The van der Waals surface area contributed by atoms with Gasteiger partial charge < -0.3 is 20.2 Å². The molecule has 0 amide bonds. The maximum atomic E-state index is 10.9. The van der Waals surface area contributed by atoms with Gasteiger partial charge in [-0.2, -0.15) is 5.26 Å². The van der Waals surface area contributed by atoms with Crippen LogP contribution in [0.2, 0.25) is 0 Å². The fourth-order valence-corrected chi connectivity index (χ4v) is 4.04. The summed E-state index contributed by atoms with van der Waals surface area (Å²) in [5.74, 6) is 0.0583. The quantitative estimate of drug-likeness (QED) is 0.864. The van der Waals surface area contributed by atoms with Crippen molar-refractivity contribution >= 4 is 11.5 Å². The molecule has 0 spiro atoms. The first kappa shape index (κ1) is 20.6. The van der Waals surface area contributed by atoms with Crippen molar-refractivity contribution in [2.75, 3.05) is 19.6 Å². The first-order chi connectivity index (χ1) is 13.7. The van der Waals surface area contributed by atoms with Crippen molar-refractivity contribution in [2.24, 2.45) is 0 Å². The van der Waals surface area contributed by atoms with E-state index in [1.165, 1.54) is 16.7 Å². The summed E-state index contributed by atoms with van der Waals surface area (Å²) in [5, 5.41) is 18.3. The predicted octanol–water partition coefficient (Wildman–Crippen LogP) is 3.00. The highest BCUT2D eigenvalue weighted by Crippen LogP contribution is 2.41. The highest BCUT2D eigenvalue weighted by atomic mass is 16.5. The lowest BCUT2D eigenvalue weighted by atomic mass is 9.86. The number of likely N-dealkylation sites (tertiary alicyclic amines) is 1. The Morgan fingerprint density at radius 3 is 2.62 bits per heavy atom. The second-order valence-corrected chi connectivity index (χ2v) is 7.23. The van der Waals surface area contributed by atoms with Crippen molar-refractivity contribution in [3.8, 4) is 11.8 Å². The Labute approximate surface area is 170 Å². The van der Waals surface area contributed by atoms with Crippen LogP contribution in [0, 0.1) is 11.3 Å². The molecule has 4 rings (SSSR count). The van der Waals surface area contributed by atoms with E-state index in [2.05, 4.69) is 23.1 Å². The molecule has 6 nitrogen and oxygen atoms in total. The molecule has 2 aliphatic rings. The van der Waals surface area contributed by atoms with Gasteiger partial charge in [0.05, 0.1) is 18.1 Å². The zero-order valence-electron chi connectivity index (χ0n) is 16.1. The van der Waals surface area contributed by atoms with Crippen LogP contribution in [0.25, 0.3) is 5.57 Å². The van der Waals surface area contributed by atoms with E-state index in [4.69, 9.17) is 9.84 Å². The van der Waals surface area contributed by atoms with Gasteiger partial charge in [0.2, 0.25) is 0 Å². The molecule has 0 atom stereocenters. The molecule has 2 aliphatic heterocycles. The predicted molar refractivity (Wildman–Crippen MR) is 109 cm³/mol. The fraction of sp³-hybridized carbons (Fsp3) is 0.304. The number of nitriles is 1. The Kier molecular flexibility index (Phi) is 6.32. The van der Waals surface area contributed by atoms with Crippen LogP contribution in [0.3, 0.4) is 0 Å². The number of rotatable bonds is 3. The average molecular weight is 392 g/mol. The van der Waals surface area contributed by atoms with Gasteiger partial charge in [-0.3, -0.25) is 4.79 Å². The number of ether oxygens (including phenoxy) is 1. The number of carboxylic acids is 1. The molecule has 0 unspecified atom stereocenters. The summed E-state index contributed by atoms with van der Waals surface area (Å²) >= 11 is 0. The Morgan fingerprint density at radius 1 is 1.14 bits per heavy atom. The molecule has 0 aromatic heterocycles. The number of carbonyl (C=O) groups is 1. The average Bonchev–Trinajstić information content (AvgIpc) is 2.89. The number of fused-ring (bicyclic) bond motifs is 2. The van der Waals surface area contributed by atoms with Crippen LogP contribution < -0.4 is 4.74 Å². The number of aliphatic carboxylic acids is 1. The van der Waals surface area contributed by atoms with Crippen LogP contribution in [-0.2, 0) is 11.4 Å². The van der Waals surface area contributed by atoms with Gasteiger partial charge in [-0.05, 0) is 47.7 Å². The zero-order valence-corrected chi connectivity index (χ0v) is 16.1. The molecule has 1 saturated heterocycles. The second-order valence-electron chi connectivity index (χ2n) is 7.23. The summed E-state index contributed by atoms with van der Waals surface area (Å²) in [6.07, 6.45) is 1.95. The zero-order chi connectivity index (χ0) is 19.5. The maximum absolute atomic E-state index is 10.9. The summed E-state index contributed by atoms with van der Waals surface area (Å²) in [4.78, 5) is 13.1. The minimum atomic E-state index is -0.753. The third-order valence-electron chi connectivity index (χ3n) is 5.50. The summed E-state index contributed by atoms with van der Waals surface area (Å²) in [5.41, 5.74) is 6.45. The van der Waals surface area contributed by atoms with Crippen LogP contribution in [0.4, 0.5) is 0 Å². The van der Waals surface area contributed by atoms with Crippen molar-refractivity contribution in [1.29, 1.82) is 5.26 Å². The standard InChI is InChI=1S/C23H22N2O3.H2O/c24-14-16-5-6-21-20(13-16)23(19-4-2-1-3-18(19)15-28-21)17-7-10-25(11-8-17)12-9-22(26)27;/h1-6,13H,7-12,15H2,(H,26,27);1H2. The third-order valence-corrected chi connectivity index (χ3v) is 5.50. The first-order valence-electron chi connectivity index (χ1n) is 9.57. The number of hydrogen-bond acceptors (Lipinski definition) is 4. The molecule has 6 heteroatoms. The lowest BCUT2D eigenvalue weighted by molar-refractivity contribution is -0.137. The molecule has 29 heavy (non-hydrogen) atoms. The van der Waals surface area contributed by atoms with Crippen molar-refractivity contribution in [1.82, 2.24) is 4.90 Å². The summed E-state index contributed by atoms with van der Waals surface area (Å²) < 4.78 is 6.06. The largest absolute Gasteiger partial charge is 0.488 e. The van der Waals surface area contributed by atoms with E-state index in [9.17, 15) is 10.1 Å². The van der Waals surface area contributed by atoms with Crippen LogP contribution in [0.5, 0.6) is 5.75 Å². The van der Waals surface area contributed by atoms with Crippen molar-refractivity contribution < 1.29 is 20.1 Å². The van der Waals surface area contributed by atoms with Crippen LogP contribution >= 0.6 is 0 Å². The molecule has 0 bridgehead atoms. The Balaban J connectivity index is 0.00000240. The Hall–Kier alpha value is -3.14. The van der Waals surface area contributed by atoms with Gasteiger partial charge in [-0.15, -0.1) is 0 Å². The number of carboxylic acid groups (broad SMARTS) is 1. The first-order valence-corrected chi connectivity index (χ1v) is 9.57. The number of hydrogen-bond donors (Lipinski definition) is 1. The highest BCUT2D eigenvalue weighted by Gasteiger charge is 2.25. The molecule has 0 saturated carbocycles. The molecular formula is C23H24N2O4. The maximum Gasteiger partial charge on any atom is 0.304 e. The van der Waals surface area contributed by atoms with Crippen LogP contribution in [0.15, 0.2) is 48.0 Å². The van der Waals surface area contributed by atoms with Gasteiger partial charge in [0, 0.05) is 25.2 Å². The number of piperidine rings is 1. The lowest BCUT2D eigenvalue weighted by Gasteiger charge is -2.30. The van der Waals surface area contributed by atoms with E-state index in [0.29, 0.717) is 18.7 Å². The molecule has 2 heterocycles. The lowest BCUT2D eigenvalue weighted by Crippen LogP contribution is -2.33. The highest BCUT2D eigenvalue weighted by molar-refractivity contribution is 5.87. The second kappa shape index (κ2) is 8.91. The van der Waals surface area contributed by atoms with Gasteiger partial charge in [-0.25, -0.2) is 0 Å². The van der Waals surface area contributed by atoms with E-state index in [1.807, 2.05) is 24.3 Å². The summed E-state index contributed by atoms with van der Waals surface area (Å²) in [6.45, 7) is 2.80. The summed E-state index contributed by atoms with van der Waals surface area (Å²) in [7, 11) is 0. The molecule has 1 fully saturated rings. The Bertz CT molecular complexity index is 981. The van der Waals surface area contributed by atoms with Crippen LogP contribution in [-0.4, -0.2) is 41.1 Å². The minimum absolute atomic E-state index is 0. The molecular weight excluding hydrogens is 368 g/mol. The number of benzene rings is 2. The topological polar surface area (TPSA) is 105 Å². The van der Waals surface area contributed by atoms with E-state index in [-0.39, 0.29) is 11.9 Å². The smallest absolute Gasteiger partial charge is 0.304 e. The molecule has 2 aromatic carbocycles. The van der Waals surface area contributed by atoms with Gasteiger partial charge in [0.25, 0.3) is 0 Å².